The van der Waals surface area contributed by atoms with Gasteiger partial charge < -0.3 is 0 Å². The van der Waals surface area contributed by atoms with E-state index in [4.69, 9.17) is 11.6 Å². The Morgan fingerprint density at radius 1 is 1.17 bits per heavy atom. The lowest BCUT2D eigenvalue weighted by atomic mass is 10.2. The van der Waals surface area contributed by atoms with Gasteiger partial charge in [0.25, 0.3) is 15.7 Å². The van der Waals surface area contributed by atoms with Crippen molar-refractivity contribution < 1.29 is 13.3 Å². The average Bonchev–Trinajstić information content (AvgIpc) is 2.71. The first-order chi connectivity index (χ1) is 14.3. The monoisotopic (exact) mass is 448 g/mol. The smallest absolute Gasteiger partial charge is 0.270 e. The Labute approximate surface area is 180 Å². The number of unbranched alkanes of at least 4 members (excludes halogenated alkanes) is 3. The Kier molecular flexibility index (Phi) is 8.77. The van der Waals surface area contributed by atoms with E-state index in [9.17, 15) is 18.5 Å². The quantitative estimate of drug-likeness (QED) is 0.174. The number of halogens is 1. The molecule has 0 radical (unpaired) electrons. The highest BCUT2D eigenvalue weighted by Gasteiger charge is 2.23. The Balaban J connectivity index is 2.28. The molecule has 0 saturated heterocycles. The number of hydrogen-bond donors (Lipinski definition) is 1. The first-order valence-corrected chi connectivity index (χ1v) is 11.1. The van der Waals surface area contributed by atoms with E-state index >= 15 is 0 Å². The third-order valence-electron chi connectivity index (χ3n) is 3.92. The number of rotatable bonds is 9. The number of para-hydroxylation sites is 1. The summed E-state index contributed by atoms with van der Waals surface area (Å²) in [5, 5.41) is 19.1. The van der Waals surface area contributed by atoms with Gasteiger partial charge in [-0.1, -0.05) is 49.4 Å². The first kappa shape index (κ1) is 23.3. The molecular formula is C20H21ClN4O4S. The standard InChI is InChI=1S/C20H21ClN4O4S/c1-2-3-4-5-6-9-14-22-23-19-13-12-16(25(26)27)15-20(19)30(28,29)24-18-11-8-7-10-17(18)21/h7-8,10-13,15,24H,2-5,14H2,1H3. The second-order valence-electron chi connectivity index (χ2n) is 6.20. The second kappa shape index (κ2) is 11.3. The van der Waals surface area contributed by atoms with Crippen molar-refractivity contribution in [3.05, 3.63) is 57.6 Å². The van der Waals surface area contributed by atoms with Crippen LogP contribution in [0.15, 0.2) is 57.6 Å². The minimum absolute atomic E-state index is 0.0343. The number of nitrogens with one attached hydrogen (secondary N) is 1. The maximum absolute atomic E-state index is 12.9. The van der Waals surface area contributed by atoms with Crippen molar-refractivity contribution in [2.24, 2.45) is 10.2 Å². The van der Waals surface area contributed by atoms with Crippen LogP contribution in [0.2, 0.25) is 5.02 Å². The number of benzene rings is 2. The van der Waals surface area contributed by atoms with Gasteiger partial charge in [0.05, 0.1) is 15.6 Å². The van der Waals surface area contributed by atoms with Crippen LogP contribution in [0, 0.1) is 22.0 Å². The van der Waals surface area contributed by atoms with Crippen LogP contribution < -0.4 is 4.72 Å². The summed E-state index contributed by atoms with van der Waals surface area (Å²) in [4.78, 5) is 10.0. The summed E-state index contributed by atoms with van der Waals surface area (Å²) in [7, 11) is -4.21. The molecule has 2 aromatic rings. The number of hydrogen-bond acceptors (Lipinski definition) is 6. The molecule has 30 heavy (non-hydrogen) atoms. The summed E-state index contributed by atoms with van der Waals surface area (Å²) in [5.41, 5.74) is -0.274. The van der Waals surface area contributed by atoms with Gasteiger partial charge in [-0.2, -0.15) is 10.2 Å². The normalized spacial score (nSPS) is 11.1. The minimum atomic E-state index is -4.21. The molecular weight excluding hydrogens is 428 g/mol. The number of nitrogens with zero attached hydrogens (tertiary/aromatic N) is 3. The van der Waals surface area contributed by atoms with Crippen molar-refractivity contribution in [3.63, 3.8) is 0 Å². The van der Waals surface area contributed by atoms with Crippen LogP contribution >= 0.6 is 11.6 Å². The van der Waals surface area contributed by atoms with E-state index < -0.39 is 14.9 Å². The Morgan fingerprint density at radius 3 is 2.63 bits per heavy atom. The predicted octanol–water partition coefficient (Wildman–Crippen LogP) is 5.72. The highest BCUT2D eigenvalue weighted by atomic mass is 35.5. The van der Waals surface area contributed by atoms with Gasteiger partial charge in [-0.15, -0.1) is 5.92 Å². The highest BCUT2D eigenvalue weighted by molar-refractivity contribution is 7.92. The van der Waals surface area contributed by atoms with E-state index in [1.807, 2.05) is 0 Å². The fraction of sp³-hybridized carbons (Fsp3) is 0.300. The molecule has 0 unspecified atom stereocenters. The van der Waals surface area contributed by atoms with Crippen molar-refractivity contribution in [1.82, 2.24) is 0 Å². The zero-order valence-electron chi connectivity index (χ0n) is 16.3. The van der Waals surface area contributed by atoms with Crippen molar-refractivity contribution in [1.29, 1.82) is 0 Å². The van der Waals surface area contributed by atoms with E-state index in [1.54, 1.807) is 12.1 Å². The van der Waals surface area contributed by atoms with Gasteiger partial charge in [-0.05, 0) is 24.6 Å². The topological polar surface area (TPSA) is 114 Å². The Hall–Kier alpha value is -2.96. The lowest BCUT2D eigenvalue weighted by Crippen LogP contribution is -2.13. The third kappa shape index (κ3) is 6.83. The lowest BCUT2D eigenvalue weighted by molar-refractivity contribution is -0.385. The first-order valence-electron chi connectivity index (χ1n) is 9.24. The number of sulfonamides is 1. The zero-order chi connectivity index (χ0) is 22.0. The van der Waals surface area contributed by atoms with Gasteiger partial charge in [0.2, 0.25) is 0 Å². The van der Waals surface area contributed by atoms with Crippen molar-refractivity contribution in [3.8, 4) is 11.8 Å². The zero-order valence-corrected chi connectivity index (χ0v) is 17.9. The number of nitro groups is 1. The summed E-state index contributed by atoms with van der Waals surface area (Å²) < 4.78 is 28.1. The van der Waals surface area contributed by atoms with Crippen molar-refractivity contribution in [2.75, 3.05) is 11.3 Å². The van der Waals surface area contributed by atoms with E-state index in [0.717, 1.165) is 31.7 Å². The molecule has 0 aliphatic rings. The van der Waals surface area contributed by atoms with Crippen LogP contribution in [0.1, 0.15) is 32.6 Å². The number of nitro benzene ring substituents is 1. The van der Waals surface area contributed by atoms with Gasteiger partial charge in [-0.25, -0.2) is 8.42 Å². The molecule has 0 saturated carbocycles. The highest BCUT2D eigenvalue weighted by Crippen LogP contribution is 2.32. The fourth-order valence-corrected chi connectivity index (χ4v) is 3.89. The average molecular weight is 449 g/mol. The van der Waals surface area contributed by atoms with E-state index in [-0.39, 0.29) is 33.5 Å². The molecule has 0 aromatic heterocycles. The van der Waals surface area contributed by atoms with Gasteiger partial charge in [-0.3, -0.25) is 14.8 Å². The van der Waals surface area contributed by atoms with E-state index in [0.29, 0.717) is 0 Å². The number of non-ortho nitro benzene ring substituents is 1. The van der Waals surface area contributed by atoms with Crippen LogP contribution in [0.4, 0.5) is 17.1 Å². The molecule has 0 bridgehead atoms. The molecule has 8 nitrogen and oxygen atoms in total. The molecule has 0 spiro atoms. The second-order valence-corrected chi connectivity index (χ2v) is 8.26. The molecule has 1 N–H and O–H groups in total. The number of azo groups is 1. The Bertz CT molecular complexity index is 1090. The minimum Gasteiger partial charge on any atom is -0.278 e. The van der Waals surface area contributed by atoms with Crippen molar-refractivity contribution >= 4 is 38.7 Å². The summed E-state index contributed by atoms with van der Waals surface area (Å²) in [6.07, 6.45) is 4.00. The van der Waals surface area contributed by atoms with Crippen LogP contribution in [0.3, 0.4) is 0 Å². The van der Waals surface area contributed by atoms with Gasteiger partial charge >= 0.3 is 0 Å². The largest absolute Gasteiger partial charge is 0.278 e. The number of anilines is 1. The molecule has 2 aromatic carbocycles. The molecule has 10 heteroatoms. The maximum Gasteiger partial charge on any atom is 0.270 e. The molecule has 0 aliphatic heterocycles. The molecule has 0 heterocycles. The van der Waals surface area contributed by atoms with Crippen LogP contribution in [-0.4, -0.2) is 19.9 Å². The SMILES string of the molecule is CCCCCC#CCN=Nc1ccc([N+](=O)[O-])cc1S(=O)(=O)Nc1ccccc1Cl. The molecule has 158 valence electrons. The molecule has 0 aliphatic carbocycles. The van der Waals surface area contributed by atoms with Gasteiger partial charge in [0, 0.05) is 18.6 Å². The third-order valence-corrected chi connectivity index (χ3v) is 5.64. The summed E-state index contributed by atoms with van der Waals surface area (Å²) in [5.74, 6) is 5.82. The summed E-state index contributed by atoms with van der Waals surface area (Å²) in [6.45, 7) is 2.21. The fourth-order valence-electron chi connectivity index (χ4n) is 2.41. The lowest BCUT2D eigenvalue weighted by Gasteiger charge is -2.11. The predicted molar refractivity (Wildman–Crippen MR) is 117 cm³/mol. The van der Waals surface area contributed by atoms with E-state index in [2.05, 4.69) is 33.7 Å². The maximum atomic E-state index is 12.9. The van der Waals surface area contributed by atoms with Crippen LogP contribution in [0.25, 0.3) is 0 Å². The molecule has 0 fully saturated rings. The van der Waals surface area contributed by atoms with Gasteiger partial charge in [0.15, 0.2) is 0 Å². The molecule has 2 rings (SSSR count). The summed E-state index contributed by atoms with van der Waals surface area (Å²) in [6, 6.07) is 9.59. The summed E-state index contributed by atoms with van der Waals surface area (Å²) >= 11 is 6.01. The van der Waals surface area contributed by atoms with Gasteiger partial charge in [0.1, 0.15) is 17.1 Å². The molecule has 0 atom stereocenters. The van der Waals surface area contributed by atoms with E-state index in [1.165, 1.54) is 24.3 Å². The van der Waals surface area contributed by atoms with Crippen LogP contribution in [0.5, 0.6) is 0 Å². The Morgan fingerprint density at radius 2 is 1.93 bits per heavy atom. The van der Waals surface area contributed by atoms with Crippen molar-refractivity contribution in [2.45, 2.75) is 37.5 Å². The molecule has 0 amide bonds. The van der Waals surface area contributed by atoms with Crippen LogP contribution in [-0.2, 0) is 10.0 Å².